The minimum absolute atomic E-state index is 0.443. The van der Waals surface area contributed by atoms with Crippen LogP contribution in [0.4, 0.5) is 23.4 Å². The van der Waals surface area contributed by atoms with Crippen molar-refractivity contribution in [3.05, 3.63) is 53.9 Å². The minimum Gasteiger partial charge on any atom is -0.352 e. The number of halogens is 1. The van der Waals surface area contributed by atoms with Crippen molar-refractivity contribution in [1.82, 2.24) is 25.1 Å². The van der Waals surface area contributed by atoms with Crippen LogP contribution in [-0.4, -0.2) is 51.3 Å². The van der Waals surface area contributed by atoms with Crippen LogP contribution < -0.4 is 15.1 Å². The number of aromatic nitrogens is 5. The maximum Gasteiger partial charge on any atom is 0.249 e. The molecular formula is C17H17ClN8. The van der Waals surface area contributed by atoms with E-state index in [0.29, 0.717) is 11.0 Å². The maximum absolute atomic E-state index is 6.01. The number of benzene rings is 1. The smallest absolute Gasteiger partial charge is 0.249 e. The van der Waals surface area contributed by atoms with Gasteiger partial charge in [-0.2, -0.15) is 10.1 Å². The summed E-state index contributed by atoms with van der Waals surface area (Å²) in [6.07, 6.45) is 5.20. The average Bonchev–Trinajstić information content (AvgIpc) is 2.69. The van der Waals surface area contributed by atoms with Crippen molar-refractivity contribution in [2.24, 2.45) is 0 Å². The molecule has 132 valence electrons. The van der Waals surface area contributed by atoms with E-state index in [2.05, 4.69) is 40.3 Å². The van der Waals surface area contributed by atoms with Crippen molar-refractivity contribution in [3.63, 3.8) is 0 Å². The van der Waals surface area contributed by atoms with E-state index >= 15 is 0 Å². The van der Waals surface area contributed by atoms with E-state index in [9.17, 15) is 0 Å². The average molecular weight is 369 g/mol. The van der Waals surface area contributed by atoms with Crippen LogP contribution in [0.5, 0.6) is 0 Å². The Bertz CT molecular complexity index is 867. The van der Waals surface area contributed by atoms with E-state index in [4.69, 9.17) is 11.6 Å². The molecule has 9 heteroatoms. The Balaban J connectivity index is 1.43. The molecule has 1 aliphatic heterocycles. The zero-order valence-electron chi connectivity index (χ0n) is 14.0. The minimum atomic E-state index is 0.443. The van der Waals surface area contributed by atoms with Crippen LogP contribution in [0.25, 0.3) is 0 Å². The predicted molar refractivity (Wildman–Crippen MR) is 101 cm³/mol. The fraction of sp³-hybridized carbons (Fsp3) is 0.235. The molecule has 0 bridgehead atoms. The zero-order chi connectivity index (χ0) is 17.8. The highest BCUT2D eigenvalue weighted by Crippen LogP contribution is 2.20. The van der Waals surface area contributed by atoms with E-state index in [-0.39, 0.29) is 0 Å². The molecule has 1 aromatic carbocycles. The lowest BCUT2D eigenvalue weighted by Crippen LogP contribution is -2.47. The lowest BCUT2D eigenvalue weighted by Gasteiger charge is -2.35. The molecule has 3 aromatic rings. The maximum atomic E-state index is 6.01. The molecule has 8 nitrogen and oxygen atoms in total. The third-order valence-corrected chi connectivity index (χ3v) is 4.30. The van der Waals surface area contributed by atoms with Crippen LogP contribution in [0.1, 0.15) is 0 Å². The quantitative estimate of drug-likeness (QED) is 0.751. The molecule has 1 N–H and O–H groups in total. The van der Waals surface area contributed by atoms with E-state index in [1.54, 1.807) is 18.6 Å². The molecular weight excluding hydrogens is 352 g/mol. The number of hydrogen-bond acceptors (Lipinski definition) is 8. The predicted octanol–water partition coefficient (Wildman–Crippen LogP) is 2.39. The third-order valence-electron chi connectivity index (χ3n) is 4.07. The molecule has 0 saturated carbocycles. The van der Waals surface area contributed by atoms with Crippen molar-refractivity contribution >= 4 is 35.0 Å². The Labute approximate surface area is 155 Å². The fourth-order valence-electron chi connectivity index (χ4n) is 2.79. The Hall–Kier alpha value is -3.00. The van der Waals surface area contributed by atoms with Crippen LogP contribution in [0.15, 0.2) is 48.9 Å². The van der Waals surface area contributed by atoms with Gasteiger partial charge in [-0.05, 0) is 24.3 Å². The molecule has 0 aliphatic carbocycles. The Morgan fingerprint density at radius 3 is 2.50 bits per heavy atom. The number of rotatable bonds is 4. The van der Waals surface area contributed by atoms with Crippen LogP contribution in [0.3, 0.4) is 0 Å². The molecule has 0 spiro atoms. The van der Waals surface area contributed by atoms with Gasteiger partial charge in [0, 0.05) is 49.3 Å². The molecule has 3 heterocycles. The van der Waals surface area contributed by atoms with Crippen LogP contribution in [0.2, 0.25) is 5.02 Å². The highest BCUT2D eigenvalue weighted by Gasteiger charge is 2.20. The summed E-state index contributed by atoms with van der Waals surface area (Å²) < 4.78 is 0. The monoisotopic (exact) mass is 368 g/mol. The van der Waals surface area contributed by atoms with E-state index in [1.165, 1.54) is 0 Å². The topological polar surface area (TPSA) is 83.0 Å². The highest BCUT2D eigenvalue weighted by molar-refractivity contribution is 6.30. The number of piperazine rings is 1. The molecule has 1 aliphatic rings. The molecule has 26 heavy (non-hydrogen) atoms. The summed E-state index contributed by atoms with van der Waals surface area (Å²) in [4.78, 5) is 17.5. The lowest BCUT2D eigenvalue weighted by atomic mass is 10.3. The molecule has 0 unspecified atom stereocenters. The van der Waals surface area contributed by atoms with Crippen molar-refractivity contribution in [3.8, 4) is 0 Å². The van der Waals surface area contributed by atoms with Gasteiger partial charge in [0.1, 0.15) is 0 Å². The number of anilines is 4. The summed E-state index contributed by atoms with van der Waals surface area (Å²) in [7, 11) is 0. The Kier molecular flexibility index (Phi) is 4.74. The van der Waals surface area contributed by atoms with Crippen molar-refractivity contribution in [2.45, 2.75) is 0 Å². The first-order valence-corrected chi connectivity index (χ1v) is 8.65. The van der Waals surface area contributed by atoms with Gasteiger partial charge in [0.2, 0.25) is 11.9 Å². The van der Waals surface area contributed by atoms with Crippen molar-refractivity contribution in [1.29, 1.82) is 0 Å². The first-order chi connectivity index (χ1) is 12.8. The van der Waals surface area contributed by atoms with E-state index < -0.39 is 0 Å². The van der Waals surface area contributed by atoms with Gasteiger partial charge in [0.05, 0.1) is 6.20 Å². The van der Waals surface area contributed by atoms with Gasteiger partial charge in [0.25, 0.3) is 0 Å². The molecule has 1 fully saturated rings. The Morgan fingerprint density at radius 2 is 1.73 bits per heavy atom. The molecule has 2 aromatic heterocycles. The molecule has 0 radical (unpaired) electrons. The first kappa shape index (κ1) is 16.5. The van der Waals surface area contributed by atoms with E-state index in [0.717, 1.165) is 43.6 Å². The SMILES string of the molecule is Clc1cccc(Nc2nncc(N3CCN(c4ncccn4)CC3)n2)c1. The van der Waals surface area contributed by atoms with Gasteiger partial charge in [0.15, 0.2) is 5.82 Å². The van der Waals surface area contributed by atoms with Gasteiger partial charge in [-0.25, -0.2) is 9.97 Å². The Morgan fingerprint density at radius 1 is 0.962 bits per heavy atom. The second-order valence-corrected chi connectivity index (χ2v) is 6.23. The number of nitrogens with one attached hydrogen (secondary N) is 1. The summed E-state index contributed by atoms with van der Waals surface area (Å²) in [6, 6.07) is 9.22. The van der Waals surface area contributed by atoms with Gasteiger partial charge in [-0.1, -0.05) is 17.7 Å². The number of nitrogens with zero attached hydrogens (tertiary/aromatic N) is 7. The summed E-state index contributed by atoms with van der Waals surface area (Å²) in [5, 5.41) is 11.9. The summed E-state index contributed by atoms with van der Waals surface area (Å²) in [5.41, 5.74) is 0.822. The molecule has 0 atom stereocenters. The summed E-state index contributed by atoms with van der Waals surface area (Å²) in [5.74, 6) is 1.99. The largest absolute Gasteiger partial charge is 0.352 e. The van der Waals surface area contributed by atoms with Gasteiger partial charge in [-0.15, -0.1) is 5.10 Å². The third kappa shape index (κ3) is 3.80. The number of hydrogen-bond donors (Lipinski definition) is 1. The lowest BCUT2D eigenvalue weighted by molar-refractivity contribution is 0.632. The summed E-state index contributed by atoms with van der Waals surface area (Å²) >= 11 is 6.01. The zero-order valence-corrected chi connectivity index (χ0v) is 14.7. The van der Waals surface area contributed by atoms with E-state index in [1.807, 2.05) is 30.3 Å². The van der Waals surface area contributed by atoms with Gasteiger partial charge < -0.3 is 15.1 Å². The van der Waals surface area contributed by atoms with Crippen LogP contribution in [-0.2, 0) is 0 Å². The van der Waals surface area contributed by atoms with Crippen LogP contribution >= 0.6 is 11.6 Å². The fourth-order valence-corrected chi connectivity index (χ4v) is 2.98. The van der Waals surface area contributed by atoms with Gasteiger partial charge in [-0.3, -0.25) is 0 Å². The standard InChI is InChI=1S/C17H17ClN8/c18-13-3-1-4-14(11-13)22-16-23-15(12-21-24-16)25-7-9-26(10-8-25)17-19-5-2-6-20-17/h1-6,11-12H,7-10H2,(H,22,23,24). The van der Waals surface area contributed by atoms with Gasteiger partial charge >= 0.3 is 0 Å². The van der Waals surface area contributed by atoms with Crippen molar-refractivity contribution in [2.75, 3.05) is 41.3 Å². The van der Waals surface area contributed by atoms with Crippen molar-refractivity contribution < 1.29 is 0 Å². The molecule has 1 saturated heterocycles. The van der Waals surface area contributed by atoms with Crippen LogP contribution in [0, 0.1) is 0 Å². The highest BCUT2D eigenvalue weighted by atomic mass is 35.5. The summed E-state index contributed by atoms with van der Waals surface area (Å²) in [6.45, 7) is 3.28. The normalized spacial score (nSPS) is 14.3. The second kappa shape index (κ2) is 7.49. The second-order valence-electron chi connectivity index (χ2n) is 5.80. The molecule has 4 rings (SSSR count). The molecule has 0 amide bonds. The first-order valence-electron chi connectivity index (χ1n) is 8.27.